The van der Waals surface area contributed by atoms with Crippen molar-refractivity contribution >= 4 is 17.5 Å². The summed E-state index contributed by atoms with van der Waals surface area (Å²) in [6, 6.07) is 11.5. The fourth-order valence-corrected chi connectivity index (χ4v) is 3.02. The van der Waals surface area contributed by atoms with Gasteiger partial charge in [-0.3, -0.25) is 4.79 Å². The molecule has 1 saturated heterocycles. The van der Waals surface area contributed by atoms with E-state index in [1.54, 1.807) is 10.7 Å². The zero-order valence-electron chi connectivity index (χ0n) is 13.8. The Hall–Kier alpha value is -3.26. The van der Waals surface area contributed by atoms with E-state index in [9.17, 15) is 9.59 Å². The second-order valence-corrected chi connectivity index (χ2v) is 5.94. The van der Waals surface area contributed by atoms with Crippen LogP contribution >= 0.6 is 0 Å². The second-order valence-electron chi connectivity index (χ2n) is 5.94. The molecular weight excluding hydrogens is 336 g/mol. The summed E-state index contributed by atoms with van der Waals surface area (Å²) in [5.74, 6) is -1.38. The van der Waals surface area contributed by atoms with Crippen LogP contribution in [0.4, 0.5) is 0 Å². The molecule has 1 fully saturated rings. The summed E-state index contributed by atoms with van der Waals surface area (Å²) in [6.45, 7) is 0.521. The number of aromatic nitrogens is 3. The van der Waals surface area contributed by atoms with Crippen LogP contribution in [0, 0.1) is 0 Å². The molecule has 4 rings (SSSR count). The largest absolute Gasteiger partial charge is 0.479 e. The third kappa shape index (κ3) is 2.80. The summed E-state index contributed by atoms with van der Waals surface area (Å²) in [4.78, 5) is 29.8. The molecule has 1 aliphatic heterocycles. The van der Waals surface area contributed by atoms with Crippen molar-refractivity contribution in [1.82, 2.24) is 19.5 Å². The number of amides is 1. The zero-order chi connectivity index (χ0) is 18.1. The van der Waals surface area contributed by atoms with Gasteiger partial charge >= 0.3 is 5.97 Å². The van der Waals surface area contributed by atoms with Crippen molar-refractivity contribution in [3.63, 3.8) is 0 Å². The van der Waals surface area contributed by atoms with E-state index in [1.165, 1.54) is 11.1 Å². The van der Waals surface area contributed by atoms with Gasteiger partial charge < -0.3 is 14.7 Å². The minimum Gasteiger partial charge on any atom is -0.479 e. The molecule has 1 amide bonds. The lowest BCUT2D eigenvalue weighted by molar-refractivity contribution is -0.154. The van der Waals surface area contributed by atoms with Crippen molar-refractivity contribution in [2.45, 2.75) is 6.10 Å². The van der Waals surface area contributed by atoms with E-state index < -0.39 is 12.1 Å². The van der Waals surface area contributed by atoms with Gasteiger partial charge in [-0.25, -0.2) is 14.3 Å². The number of ether oxygens (including phenoxy) is 1. The van der Waals surface area contributed by atoms with Gasteiger partial charge in [0.2, 0.25) is 0 Å². The van der Waals surface area contributed by atoms with E-state index in [0.717, 1.165) is 11.3 Å². The van der Waals surface area contributed by atoms with Gasteiger partial charge in [0.25, 0.3) is 5.91 Å². The molecule has 132 valence electrons. The first-order valence-electron chi connectivity index (χ1n) is 8.17. The number of aliphatic carboxylic acids is 1. The highest BCUT2D eigenvalue weighted by molar-refractivity contribution is 6.00. The predicted octanol–water partition coefficient (Wildman–Crippen LogP) is 1.32. The average Bonchev–Trinajstić information content (AvgIpc) is 3.12. The number of carbonyl (C=O) groups excluding carboxylic acids is 1. The summed E-state index contributed by atoms with van der Waals surface area (Å²) in [5, 5.41) is 13.4. The lowest BCUT2D eigenvalue weighted by Gasteiger charge is -2.30. The van der Waals surface area contributed by atoms with E-state index in [0.29, 0.717) is 17.8 Å². The third-order valence-corrected chi connectivity index (χ3v) is 4.33. The first-order chi connectivity index (χ1) is 12.6. The van der Waals surface area contributed by atoms with Crippen LogP contribution in [0.3, 0.4) is 0 Å². The Labute approximate surface area is 148 Å². The van der Waals surface area contributed by atoms with E-state index in [2.05, 4.69) is 10.1 Å². The minimum atomic E-state index is -1.08. The number of morpholine rings is 1. The van der Waals surface area contributed by atoms with E-state index >= 15 is 0 Å². The van der Waals surface area contributed by atoms with Gasteiger partial charge in [0.15, 0.2) is 11.8 Å². The van der Waals surface area contributed by atoms with E-state index in [-0.39, 0.29) is 19.1 Å². The van der Waals surface area contributed by atoms with Crippen molar-refractivity contribution in [2.24, 2.45) is 0 Å². The van der Waals surface area contributed by atoms with Gasteiger partial charge in [-0.15, -0.1) is 0 Å². The maximum absolute atomic E-state index is 12.9. The molecule has 0 aliphatic carbocycles. The molecule has 1 N–H and O–H groups in total. The summed E-state index contributed by atoms with van der Waals surface area (Å²) in [5.41, 5.74) is 2.56. The number of hydrogen-bond donors (Lipinski definition) is 1. The summed E-state index contributed by atoms with van der Waals surface area (Å²) in [7, 11) is 0. The van der Waals surface area contributed by atoms with Gasteiger partial charge in [-0.1, -0.05) is 30.3 Å². The summed E-state index contributed by atoms with van der Waals surface area (Å²) >= 11 is 0. The monoisotopic (exact) mass is 352 g/mol. The molecule has 3 heterocycles. The predicted molar refractivity (Wildman–Crippen MR) is 91.7 cm³/mol. The Bertz CT molecular complexity index is 970. The molecule has 1 aliphatic rings. The van der Waals surface area contributed by atoms with Crippen LogP contribution in [0.25, 0.3) is 16.9 Å². The summed E-state index contributed by atoms with van der Waals surface area (Å²) in [6.07, 6.45) is 2.10. The molecular formula is C18H16N4O4. The van der Waals surface area contributed by atoms with Gasteiger partial charge in [-0.2, -0.15) is 5.10 Å². The molecule has 8 heteroatoms. The van der Waals surface area contributed by atoms with Crippen LogP contribution in [0.15, 0.2) is 48.8 Å². The Morgan fingerprint density at radius 3 is 2.77 bits per heavy atom. The van der Waals surface area contributed by atoms with E-state index in [1.807, 2.05) is 36.4 Å². The molecule has 0 radical (unpaired) electrons. The SMILES string of the molecule is O=C(O)[C@@H]1CN(C(=O)c2cnn3c(-c4ccccc4)ccnc23)CCO1. The maximum Gasteiger partial charge on any atom is 0.334 e. The Morgan fingerprint density at radius 1 is 1.19 bits per heavy atom. The molecule has 1 aromatic carbocycles. The first kappa shape index (κ1) is 16.2. The highest BCUT2D eigenvalue weighted by Crippen LogP contribution is 2.21. The van der Waals surface area contributed by atoms with Crippen LogP contribution in [-0.4, -0.2) is 62.3 Å². The molecule has 1 atom stereocenters. The van der Waals surface area contributed by atoms with Crippen molar-refractivity contribution < 1.29 is 19.4 Å². The summed E-state index contributed by atoms with van der Waals surface area (Å²) < 4.78 is 6.79. The lowest BCUT2D eigenvalue weighted by atomic mass is 10.1. The van der Waals surface area contributed by atoms with Gasteiger partial charge in [-0.05, 0) is 6.07 Å². The van der Waals surface area contributed by atoms with Crippen LogP contribution < -0.4 is 0 Å². The van der Waals surface area contributed by atoms with Crippen LogP contribution in [0.1, 0.15) is 10.4 Å². The normalized spacial score (nSPS) is 17.4. The van der Waals surface area contributed by atoms with Crippen molar-refractivity contribution in [1.29, 1.82) is 0 Å². The number of hydrogen-bond acceptors (Lipinski definition) is 5. The number of carboxylic acid groups (broad SMARTS) is 1. The van der Waals surface area contributed by atoms with Gasteiger partial charge in [0.1, 0.15) is 5.56 Å². The molecule has 26 heavy (non-hydrogen) atoms. The molecule has 0 spiro atoms. The van der Waals surface area contributed by atoms with Crippen LogP contribution in [0.2, 0.25) is 0 Å². The molecule has 2 aromatic heterocycles. The fourth-order valence-electron chi connectivity index (χ4n) is 3.02. The van der Waals surface area contributed by atoms with Crippen molar-refractivity contribution in [3.8, 4) is 11.3 Å². The number of rotatable bonds is 3. The number of fused-ring (bicyclic) bond motifs is 1. The fraction of sp³-hybridized carbons (Fsp3) is 0.222. The quantitative estimate of drug-likeness (QED) is 0.764. The number of carboxylic acids is 1. The van der Waals surface area contributed by atoms with E-state index in [4.69, 9.17) is 9.84 Å². The topological polar surface area (TPSA) is 97.0 Å². The number of carbonyl (C=O) groups is 2. The number of benzene rings is 1. The molecule has 0 saturated carbocycles. The molecule has 3 aromatic rings. The Kier molecular flexibility index (Phi) is 4.10. The zero-order valence-corrected chi connectivity index (χ0v) is 13.8. The third-order valence-electron chi connectivity index (χ3n) is 4.33. The van der Waals surface area contributed by atoms with Gasteiger partial charge in [0, 0.05) is 18.3 Å². The maximum atomic E-state index is 12.9. The average molecular weight is 352 g/mol. The van der Waals surface area contributed by atoms with Crippen molar-refractivity contribution in [2.75, 3.05) is 19.7 Å². The standard InChI is InChI=1S/C18H16N4O4/c23-17(21-8-9-26-15(11-21)18(24)25)13-10-20-22-14(6-7-19-16(13)22)12-4-2-1-3-5-12/h1-7,10,15H,8-9,11H2,(H,24,25)/t15-/m0/s1. The van der Waals surface area contributed by atoms with Crippen LogP contribution in [0.5, 0.6) is 0 Å². The molecule has 8 nitrogen and oxygen atoms in total. The minimum absolute atomic E-state index is 0.00385. The number of nitrogens with zero attached hydrogens (tertiary/aromatic N) is 4. The highest BCUT2D eigenvalue weighted by Gasteiger charge is 2.31. The lowest BCUT2D eigenvalue weighted by Crippen LogP contribution is -2.48. The Balaban J connectivity index is 1.70. The molecule has 0 bridgehead atoms. The first-order valence-corrected chi connectivity index (χ1v) is 8.17. The highest BCUT2D eigenvalue weighted by atomic mass is 16.5. The van der Waals surface area contributed by atoms with Crippen LogP contribution in [-0.2, 0) is 9.53 Å². The smallest absolute Gasteiger partial charge is 0.334 e. The second kappa shape index (κ2) is 6.57. The van der Waals surface area contributed by atoms with Gasteiger partial charge in [0.05, 0.1) is 25.0 Å². The Morgan fingerprint density at radius 2 is 2.00 bits per heavy atom. The van der Waals surface area contributed by atoms with Crippen molar-refractivity contribution in [3.05, 3.63) is 54.4 Å². The molecule has 0 unspecified atom stereocenters.